The fourth-order valence-electron chi connectivity index (χ4n) is 5.33. The van der Waals surface area contributed by atoms with Crippen LogP contribution in [0.3, 0.4) is 0 Å². The average molecular weight is 721 g/mol. The van der Waals surface area contributed by atoms with E-state index in [1.807, 2.05) is 0 Å². The van der Waals surface area contributed by atoms with Crippen LogP contribution in [-0.2, 0) is 32.7 Å². The van der Waals surface area contributed by atoms with Crippen LogP contribution < -0.4 is 0 Å². The SMILES string of the molecule is CCCC/C=C\CCCCCCCC(=O)O[C@H](COC(=O)CCCCCCCCCCCCCCCCC)COP(=O)(O)OC[C@@H](O)CO. The molecule has 0 heterocycles. The first-order valence-corrected chi connectivity index (χ1v) is 21.1. The summed E-state index contributed by atoms with van der Waals surface area (Å²) in [5, 5.41) is 18.3. The third-order valence-electron chi connectivity index (χ3n) is 8.42. The Morgan fingerprint density at radius 1 is 0.592 bits per heavy atom. The van der Waals surface area contributed by atoms with Gasteiger partial charge in [0.25, 0.3) is 0 Å². The Morgan fingerprint density at radius 2 is 1.02 bits per heavy atom. The normalized spacial score (nSPS) is 14.1. The maximum absolute atomic E-state index is 12.5. The quantitative estimate of drug-likeness (QED) is 0.0245. The van der Waals surface area contributed by atoms with Crippen molar-refractivity contribution in [3.63, 3.8) is 0 Å². The molecule has 0 amide bonds. The van der Waals surface area contributed by atoms with E-state index in [0.717, 1.165) is 57.8 Å². The summed E-state index contributed by atoms with van der Waals surface area (Å²) >= 11 is 0. The fraction of sp³-hybridized carbons (Fsp3) is 0.895. The van der Waals surface area contributed by atoms with Gasteiger partial charge in [0.1, 0.15) is 12.7 Å². The van der Waals surface area contributed by atoms with Gasteiger partial charge in [-0.3, -0.25) is 18.6 Å². The highest BCUT2D eigenvalue weighted by molar-refractivity contribution is 7.47. The van der Waals surface area contributed by atoms with Crippen LogP contribution in [0.5, 0.6) is 0 Å². The molecule has 0 aliphatic heterocycles. The Balaban J connectivity index is 4.31. The Morgan fingerprint density at radius 3 is 1.53 bits per heavy atom. The predicted octanol–water partition coefficient (Wildman–Crippen LogP) is 9.67. The first kappa shape index (κ1) is 47.7. The Bertz CT molecular complexity index is 837. The van der Waals surface area contributed by atoms with E-state index in [2.05, 4.69) is 30.5 Å². The molecule has 3 N–H and O–H groups in total. The second kappa shape index (κ2) is 35.1. The number of phosphoric acid groups is 1. The number of hydrogen-bond acceptors (Lipinski definition) is 9. The summed E-state index contributed by atoms with van der Waals surface area (Å²) in [4.78, 5) is 34.8. The number of unbranched alkanes of at least 4 members (excludes halogenated alkanes) is 21. The number of ether oxygens (including phenoxy) is 2. The number of phosphoric ester groups is 1. The van der Waals surface area contributed by atoms with E-state index in [4.69, 9.17) is 19.1 Å². The molecule has 49 heavy (non-hydrogen) atoms. The molecule has 0 spiro atoms. The third-order valence-corrected chi connectivity index (χ3v) is 9.37. The summed E-state index contributed by atoms with van der Waals surface area (Å²) in [6.45, 7) is 2.33. The molecule has 1 unspecified atom stereocenters. The first-order valence-electron chi connectivity index (χ1n) is 19.6. The van der Waals surface area contributed by atoms with Crippen LogP contribution in [0.15, 0.2) is 12.2 Å². The van der Waals surface area contributed by atoms with Crippen molar-refractivity contribution < 1.29 is 47.8 Å². The van der Waals surface area contributed by atoms with Crippen molar-refractivity contribution in [3.8, 4) is 0 Å². The van der Waals surface area contributed by atoms with E-state index in [0.29, 0.717) is 12.8 Å². The molecule has 0 aromatic carbocycles. The first-order chi connectivity index (χ1) is 23.7. The van der Waals surface area contributed by atoms with Gasteiger partial charge in [0, 0.05) is 12.8 Å². The molecule has 0 bridgehead atoms. The molecule has 0 aromatic rings. The van der Waals surface area contributed by atoms with Crippen molar-refractivity contribution in [3.05, 3.63) is 12.2 Å². The van der Waals surface area contributed by atoms with E-state index in [-0.39, 0.29) is 19.4 Å². The van der Waals surface area contributed by atoms with Gasteiger partial charge in [-0.2, -0.15) is 0 Å². The number of carbonyl (C=O) groups is 2. The van der Waals surface area contributed by atoms with Gasteiger partial charge in [-0.05, 0) is 32.1 Å². The Kier molecular flexibility index (Phi) is 34.2. The monoisotopic (exact) mass is 720 g/mol. The molecule has 0 aromatic heterocycles. The lowest BCUT2D eigenvalue weighted by Crippen LogP contribution is -2.29. The second-order valence-electron chi connectivity index (χ2n) is 13.3. The van der Waals surface area contributed by atoms with Gasteiger partial charge < -0.3 is 24.6 Å². The van der Waals surface area contributed by atoms with Crippen molar-refractivity contribution in [1.82, 2.24) is 0 Å². The van der Waals surface area contributed by atoms with Crippen LogP contribution in [0, 0.1) is 0 Å². The lowest BCUT2D eigenvalue weighted by molar-refractivity contribution is -0.161. The van der Waals surface area contributed by atoms with Crippen LogP contribution in [0.1, 0.15) is 181 Å². The number of allylic oxidation sites excluding steroid dienone is 2. The van der Waals surface area contributed by atoms with Gasteiger partial charge >= 0.3 is 19.8 Å². The molecule has 0 fully saturated rings. The van der Waals surface area contributed by atoms with Crippen LogP contribution in [0.2, 0.25) is 0 Å². The van der Waals surface area contributed by atoms with Crippen molar-refractivity contribution >= 4 is 19.8 Å². The smallest absolute Gasteiger partial charge is 0.462 e. The average Bonchev–Trinajstić information content (AvgIpc) is 3.09. The van der Waals surface area contributed by atoms with Crippen LogP contribution in [0.25, 0.3) is 0 Å². The fourth-order valence-corrected chi connectivity index (χ4v) is 6.12. The third kappa shape index (κ3) is 34.9. The topological polar surface area (TPSA) is 149 Å². The van der Waals surface area contributed by atoms with Gasteiger partial charge in [-0.25, -0.2) is 4.57 Å². The Hall–Kier alpha value is -1.29. The number of esters is 2. The summed E-state index contributed by atoms with van der Waals surface area (Å²) in [7, 11) is -4.61. The van der Waals surface area contributed by atoms with E-state index in [9.17, 15) is 24.2 Å². The Labute approximate surface area is 298 Å². The van der Waals surface area contributed by atoms with Gasteiger partial charge in [-0.1, -0.05) is 148 Å². The van der Waals surface area contributed by atoms with Crippen molar-refractivity contribution in [2.45, 2.75) is 193 Å². The number of aliphatic hydroxyl groups is 2. The maximum atomic E-state index is 12.5. The second-order valence-corrected chi connectivity index (χ2v) is 14.8. The molecule has 3 atom stereocenters. The summed E-state index contributed by atoms with van der Waals surface area (Å²) in [5.74, 6) is -0.930. The highest BCUT2D eigenvalue weighted by Crippen LogP contribution is 2.43. The molecule has 290 valence electrons. The largest absolute Gasteiger partial charge is 0.472 e. The zero-order valence-electron chi connectivity index (χ0n) is 31.2. The lowest BCUT2D eigenvalue weighted by atomic mass is 10.0. The van der Waals surface area contributed by atoms with E-state index in [1.54, 1.807) is 0 Å². The standard InChI is InChI=1S/C38H73O10P/c1-3-5-7-9-11-13-15-16-17-18-20-21-23-25-27-29-37(41)45-33-36(34-47-49(43,44)46-32-35(40)31-39)48-38(42)30-28-26-24-22-19-14-12-10-8-6-4-2/h10,12,35-36,39-40H,3-9,11,13-34H2,1-2H3,(H,43,44)/b12-10-/t35-,36+/m0/s1. The van der Waals surface area contributed by atoms with Crippen LogP contribution in [-0.4, -0.2) is 65.7 Å². The van der Waals surface area contributed by atoms with Crippen molar-refractivity contribution in [1.29, 1.82) is 0 Å². The van der Waals surface area contributed by atoms with E-state index in [1.165, 1.54) is 83.5 Å². The molecule has 0 aliphatic rings. The molecule has 0 saturated carbocycles. The van der Waals surface area contributed by atoms with Gasteiger partial charge in [0.15, 0.2) is 6.10 Å². The molecule has 0 aliphatic carbocycles. The minimum atomic E-state index is -4.61. The van der Waals surface area contributed by atoms with Crippen molar-refractivity contribution in [2.75, 3.05) is 26.4 Å². The molecular weight excluding hydrogens is 647 g/mol. The van der Waals surface area contributed by atoms with Crippen LogP contribution in [0.4, 0.5) is 0 Å². The zero-order chi connectivity index (χ0) is 36.3. The van der Waals surface area contributed by atoms with Crippen LogP contribution >= 0.6 is 7.82 Å². The summed E-state index contributed by atoms with van der Waals surface area (Å²) < 4.78 is 32.6. The van der Waals surface area contributed by atoms with Gasteiger partial charge in [-0.15, -0.1) is 0 Å². The van der Waals surface area contributed by atoms with Gasteiger partial charge in [0.05, 0.1) is 19.8 Å². The molecule has 10 nitrogen and oxygen atoms in total. The lowest BCUT2D eigenvalue weighted by Gasteiger charge is -2.20. The molecule has 11 heteroatoms. The predicted molar refractivity (Wildman–Crippen MR) is 196 cm³/mol. The molecule has 0 radical (unpaired) electrons. The molecular formula is C38H73O10P. The number of hydrogen-bond donors (Lipinski definition) is 3. The van der Waals surface area contributed by atoms with E-state index >= 15 is 0 Å². The molecule has 0 saturated heterocycles. The minimum Gasteiger partial charge on any atom is -0.462 e. The number of rotatable bonds is 37. The van der Waals surface area contributed by atoms with E-state index < -0.39 is 51.8 Å². The summed E-state index contributed by atoms with van der Waals surface area (Å²) in [5.41, 5.74) is 0. The maximum Gasteiger partial charge on any atom is 0.472 e. The summed E-state index contributed by atoms with van der Waals surface area (Å²) in [6, 6.07) is 0. The highest BCUT2D eigenvalue weighted by atomic mass is 31.2. The molecule has 0 rings (SSSR count). The number of aliphatic hydroxyl groups excluding tert-OH is 2. The minimum absolute atomic E-state index is 0.177. The number of carbonyl (C=O) groups excluding carboxylic acids is 2. The zero-order valence-corrected chi connectivity index (χ0v) is 32.1. The van der Waals surface area contributed by atoms with Crippen molar-refractivity contribution in [2.24, 2.45) is 0 Å². The highest BCUT2D eigenvalue weighted by Gasteiger charge is 2.27. The van der Waals surface area contributed by atoms with Gasteiger partial charge in [0.2, 0.25) is 0 Å². The summed E-state index contributed by atoms with van der Waals surface area (Å²) in [6.07, 6.45) is 30.4.